The summed E-state index contributed by atoms with van der Waals surface area (Å²) in [7, 11) is -3.54. The van der Waals surface area contributed by atoms with Gasteiger partial charge in [-0.2, -0.15) is 4.31 Å². The van der Waals surface area contributed by atoms with E-state index in [9.17, 15) is 8.42 Å². The highest BCUT2D eigenvalue weighted by atomic mass is 32.2. The highest BCUT2D eigenvalue weighted by Crippen LogP contribution is 2.35. The van der Waals surface area contributed by atoms with Crippen molar-refractivity contribution in [2.45, 2.75) is 18.7 Å². The zero-order chi connectivity index (χ0) is 18.3. The summed E-state index contributed by atoms with van der Waals surface area (Å²) in [6, 6.07) is 11.0. The van der Waals surface area contributed by atoms with Crippen LogP contribution in [0.4, 0.5) is 5.69 Å². The number of anilines is 1. The van der Waals surface area contributed by atoms with Crippen molar-refractivity contribution in [2.75, 3.05) is 37.9 Å². The molecule has 4 rings (SSSR count). The average molecular weight is 374 g/mol. The summed E-state index contributed by atoms with van der Waals surface area (Å²) in [5, 5.41) is 0. The molecular weight excluding hydrogens is 352 g/mol. The fraction of sp³-hybridized carbons (Fsp3) is 0.368. The van der Waals surface area contributed by atoms with Gasteiger partial charge in [0.15, 0.2) is 11.5 Å². The highest BCUT2D eigenvalue weighted by molar-refractivity contribution is 7.89. The molecule has 2 aliphatic rings. The largest absolute Gasteiger partial charge is 0.454 e. The molecule has 2 aromatic rings. The highest BCUT2D eigenvalue weighted by Gasteiger charge is 2.30. The minimum Gasteiger partial charge on any atom is -0.454 e. The van der Waals surface area contributed by atoms with Crippen LogP contribution in [0.25, 0.3) is 0 Å². The lowest BCUT2D eigenvalue weighted by molar-refractivity contribution is 0.174. The SMILES string of the molecule is Cc1cccc(C)c1N1CCN(S(=O)(=O)c2ccc3c(c2)OCO3)CC1. The Labute approximate surface area is 154 Å². The summed E-state index contributed by atoms with van der Waals surface area (Å²) in [4.78, 5) is 2.53. The second-order valence-electron chi connectivity index (χ2n) is 6.65. The van der Waals surface area contributed by atoms with Crippen molar-refractivity contribution in [1.82, 2.24) is 4.31 Å². The third-order valence-electron chi connectivity index (χ3n) is 4.98. The van der Waals surface area contributed by atoms with Crippen molar-refractivity contribution in [3.8, 4) is 11.5 Å². The van der Waals surface area contributed by atoms with Crippen LogP contribution in [0.15, 0.2) is 41.3 Å². The molecule has 138 valence electrons. The van der Waals surface area contributed by atoms with Gasteiger partial charge in [0.05, 0.1) is 4.90 Å². The van der Waals surface area contributed by atoms with E-state index in [0.717, 1.165) is 0 Å². The first-order valence-electron chi connectivity index (χ1n) is 8.68. The van der Waals surface area contributed by atoms with Gasteiger partial charge in [0, 0.05) is 37.9 Å². The Bertz CT molecular complexity index is 914. The number of rotatable bonds is 3. The normalized spacial score (nSPS) is 17.5. The Morgan fingerprint density at radius 2 is 1.54 bits per heavy atom. The number of piperazine rings is 1. The van der Waals surface area contributed by atoms with E-state index >= 15 is 0 Å². The topological polar surface area (TPSA) is 59.1 Å². The van der Waals surface area contributed by atoms with Crippen LogP contribution in [0.3, 0.4) is 0 Å². The lowest BCUT2D eigenvalue weighted by atomic mass is 10.1. The third kappa shape index (κ3) is 2.91. The van der Waals surface area contributed by atoms with Crippen LogP contribution in [0.2, 0.25) is 0 Å². The van der Waals surface area contributed by atoms with Crippen LogP contribution < -0.4 is 14.4 Å². The molecule has 1 saturated heterocycles. The summed E-state index contributed by atoms with van der Waals surface area (Å²) >= 11 is 0. The van der Waals surface area contributed by atoms with Crippen molar-refractivity contribution in [3.63, 3.8) is 0 Å². The molecule has 0 bridgehead atoms. The Kier molecular flexibility index (Phi) is 4.28. The first kappa shape index (κ1) is 17.2. The lowest BCUT2D eigenvalue weighted by Crippen LogP contribution is -2.49. The number of fused-ring (bicyclic) bond motifs is 1. The molecule has 2 aliphatic heterocycles. The zero-order valence-corrected chi connectivity index (χ0v) is 15.8. The van der Waals surface area contributed by atoms with Gasteiger partial charge in [-0.25, -0.2) is 8.42 Å². The smallest absolute Gasteiger partial charge is 0.243 e. The molecule has 0 spiro atoms. The number of hydrogen-bond donors (Lipinski definition) is 0. The summed E-state index contributed by atoms with van der Waals surface area (Å²) in [6.07, 6.45) is 0. The molecule has 0 saturated carbocycles. The number of nitrogens with zero attached hydrogens (tertiary/aromatic N) is 2. The fourth-order valence-corrected chi connectivity index (χ4v) is 5.08. The van der Waals surface area contributed by atoms with E-state index in [1.54, 1.807) is 22.5 Å². The Hall–Kier alpha value is -2.25. The Morgan fingerprint density at radius 3 is 2.23 bits per heavy atom. The van der Waals surface area contributed by atoms with Crippen LogP contribution in [0.5, 0.6) is 11.5 Å². The molecule has 0 N–H and O–H groups in total. The predicted molar refractivity (Wildman–Crippen MR) is 99.5 cm³/mol. The maximum Gasteiger partial charge on any atom is 0.243 e. The molecule has 0 unspecified atom stereocenters. The molecule has 2 heterocycles. The van der Waals surface area contributed by atoms with Crippen LogP contribution in [0, 0.1) is 13.8 Å². The second kappa shape index (κ2) is 6.48. The van der Waals surface area contributed by atoms with Gasteiger partial charge in [0.1, 0.15) is 0 Å². The number of aryl methyl sites for hydroxylation is 2. The molecule has 0 aliphatic carbocycles. The van der Waals surface area contributed by atoms with Gasteiger partial charge in [0.2, 0.25) is 16.8 Å². The Balaban J connectivity index is 1.52. The van der Waals surface area contributed by atoms with E-state index in [4.69, 9.17) is 9.47 Å². The molecule has 0 radical (unpaired) electrons. The molecule has 26 heavy (non-hydrogen) atoms. The second-order valence-corrected chi connectivity index (χ2v) is 8.58. The van der Waals surface area contributed by atoms with E-state index in [1.807, 2.05) is 0 Å². The van der Waals surface area contributed by atoms with Gasteiger partial charge in [-0.05, 0) is 37.1 Å². The van der Waals surface area contributed by atoms with Crippen LogP contribution in [-0.4, -0.2) is 45.7 Å². The first-order valence-corrected chi connectivity index (χ1v) is 10.1. The summed E-state index contributed by atoms with van der Waals surface area (Å²) < 4.78 is 38.1. The minimum atomic E-state index is -3.54. The van der Waals surface area contributed by atoms with Gasteiger partial charge in [-0.1, -0.05) is 18.2 Å². The summed E-state index contributed by atoms with van der Waals surface area (Å²) in [5.41, 5.74) is 3.65. The van der Waals surface area contributed by atoms with Crippen molar-refractivity contribution >= 4 is 15.7 Å². The fourth-order valence-electron chi connectivity index (χ4n) is 3.64. The van der Waals surface area contributed by atoms with E-state index in [2.05, 4.69) is 36.9 Å². The van der Waals surface area contributed by atoms with Crippen LogP contribution >= 0.6 is 0 Å². The van der Waals surface area contributed by atoms with E-state index < -0.39 is 10.0 Å². The molecule has 0 amide bonds. The van der Waals surface area contributed by atoms with Gasteiger partial charge < -0.3 is 14.4 Å². The first-order chi connectivity index (χ1) is 12.5. The minimum absolute atomic E-state index is 0.132. The number of ether oxygens (including phenoxy) is 2. The third-order valence-corrected chi connectivity index (χ3v) is 6.87. The number of sulfonamides is 1. The van der Waals surface area contributed by atoms with Gasteiger partial charge in [-0.15, -0.1) is 0 Å². The number of hydrogen-bond acceptors (Lipinski definition) is 5. The van der Waals surface area contributed by atoms with E-state index in [-0.39, 0.29) is 11.7 Å². The maximum absolute atomic E-state index is 13.0. The van der Waals surface area contributed by atoms with Crippen molar-refractivity contribution < 1.29 is 17.9 Å². The zero-order valence-electron chi connectivity index (χ0n) is 14.9. The number of para-hydroxylation sites is 1. The molecule has 1 fully saturated rings. The molecule has 2 aromatic carbocycles. The van der Waals surface area contributed by atoms with E-state index in [0.29, 0.717) is 37.7 Å². The summed E-state index contributed by atoms with van der Waals surface area (Å²) in [6.45, 7) is 6.60. The van der Waals surface area contributed by atoms with Gasteiger partial charge in [0.25, 0.3) is 0 Å². The maximum atomic E-state index is 13.0. The van der Waals surface area contributed by atoms with Crippen molar-refractivity contribution in [3.05, 3.63) is 47.5 Å². The average Bonchev–Trinajstić information content (AvgIpc) is 3.10. The molecule has 0 aromatic heterocycles. The number of benzene rings is 2. The van der Waals surface area contributed by atoms with Crippen molar-refractivity contribution in [1.29, 1.82) is 0 Å². The molecule has 6 nitrogen and oxygen atoms in total. The van der Waals surface area contributed by atoms with E-state index in [1.165, 1.54) is 16.8 Å². The van der Waals surface area contributed by atoms with Crippen molar-refractivity contribution in [2.24, 2.45) is 0 Å². The van der Waals surface area contributed by atoms with Crippen LogP contribution in [-0.2, 0) is 10.0 Å². The predicted octanol–water partition coefficient (Wildman–Crippen LogP) is 2.54. The quantitative estimate of drug-likeness (QED) is 0.826. The summed E-state index contributed by atoms with van der Waals surface area (Å²) in [5.74, 6) is 1.07. The van der Waals surface area contributed by atoms with Gasteiger partial charge >= 0.3 is 0 Å². The molecular formula is C19H22N2O4S. The monoisotopic (exact) mass is 374 g/mol. The standard InChI is InChI=1S/C19H22N2O4S/c1-14-4-3-5-15(2)19(14)20-8-10-21(11-9-20)26(22,23)16-6-7-17-18(12-16)25-13-24-17/h3-7,12H,8-11,13H2,1-2H3. The molecule has 7 heteroatoms. The molecule has 0 atom stereocenters. The Morgan fingerprint density at radius 1 is 0.885 bits per heavy atom. The van der Waals surface area contributed by atoms with Crippen LogP contribution in [0.1, 0.15) is 11.1 Å². The van der Waals surface area contributed by atoms with Gasteiger partial charge in [-0.3, -0.25) is 0 Å². The lowest BCUT2D eigenvalue weighted by Gasteiger charge is -2.36.